The number of rotatable bonds is 7. The summed E-state index contributed by atoms with van der Waals surface area (Å²) in [4.78, 5) is 3.97. The number of anilines is 2. The number of ether oxygens (including phenoxy) is 1. The van der Waals surface area contributed by atoms with Crippen molar-refractivity contribution >= 4 is 40.1 Å². The first-order valence-corrected chi connectivity index (χ1v) is 7.98. The standard InChI is InChI=1S/C14H16ClFN4OS/c1-2-3-6-21-11-5-4-10(15)9(13(11)16)7-18-20-14-19-12(17)8-22-14/h4-5,7-8H,2-3,6,17H2,1H3,(H,19,20). The molecule has 0 aliphatic heterocycles. The molecule has 1 aromatic heterocycles. The van der Waals surface area contributed by atoms with Gasteiger partial charge >= 0.3 is 0 Å². The smallest absolute Gasteiger partial charge is 0.205 e. The molecule has 0 aliphatic rings. The van der Waals surface area contributed by atoms with Gasteiger partial charge in [0.1, 0.15) is 5.82 Å². The van der Waals surface area contributed by atoms with Crippen LogP contribution >= 0.6 is 22.9 Å². The Morgan fingerprint density at radius 3 is 3.05 bits per heavy atom. The molecule has 3 N–H and O–H groups in total. The molecule has 1 heterocycles. The predicted molar refractivity (Wildman–Crippen MR) is 89.6 cm³/mol. The Kier molecular flexibility index (Phi) is 5.97. The molecule has 0 atom stereocenters. The number of hydrogen-bond acceptors (Lipinski definition) is 6. The summed E-state index contributed by atoms with van der Waals surface area (Å²) in [6, 6.07) is 3.09. The molecule has 0 spiro atoms. The van der Waals surface area contributed by atoms with E-state index in [9.17, 15) is 4.39 Å². The highest BCUT2D eigenvalue weighted by molar-refractivity contribution is 7.14. The van der Waals surface area contributed by atoms with Gasteiger partial charge in [0.25, 0.3) is 0 Å². The molecule has 118 valence electrons. The molecule has 8 heteroatoms. The van der Waals surface area contributed by atoms with Crippen LogP contribution in [0, 0.1) is 5.82 Å². The highest BCUT2D eigenvalue weighted by atomic mass is 35.5. The second-order valence-electron chi connectivity index (χ2n) is 4.42. The van der Waals surface area contributed by atoms with E-state index in [0.717, 1.165) is 12.8 Å². The average Bonchev–Trinajstić information content (AvgIpc) is 2.90. The third-order valence-electron chi connectivity index (χ3n) is 2.72. The van der Waals surface area contributed by atoms with Crippen LogP contribution in [-0.2, 0) is 0 Å². The lowest BCUT2D eigenvalue weighted by molar-refractivity contribution is 0.294. The number of nitrogens with two attached hydrogens (primary N) is 1. The lowest BCUT2D eigenvalue weighted by Crippen LogP contribution is -2.02. The number of benzene rings is 1. The maximum absolute atomic E-state index is 14.3. The van der Waals surface area contributed by atoms with Gasteiger partial charge in [-0.3, -0.25) is 5.43 Å². The second-order valence-corrected chi connectivity index (χ2v) is 5.69. The third kappa shape index (κ3) is 4.32. The minimum atomic E-state index is -0.534. The van der Waals surface area contributed by atoms with E-state index in [1.54, 1.807) is 11.4 Å². The van der Waals surface area contributed by atoms with Crippen LogP contribution in [0.4, 0.5) is 15.3 Å². The molecule has 0 amide bonds. The van der Waals surface area contributed by atoms with Crippen LogP contribution in [0.1, 0.15) is 25.3 Å². The van der Waals surface area contributed by atoms with Gasteiger partial charge in [0.2, 0.25) is 5.13 Å². The van der Waals surface area contributed by atoms with Crippen molar-refractivity contribution in [2.45, 2.75) is 19.8 Å². The van der Waals surface area contributed by atoms with E-state index in [4.69, 9.17) is 22.1 Å². The molecule has 0 unspecified atom stereocenters. The molecule has 2 rings (SSSR count). The SMILES string of the molecule is CCCCOc1ccc(Cl)c(C=NNc2nc(N)cs2)c1F. The lowest BCUT2D eigenvalue weighted by atomic mass is 10.2. The van der Waals surface area contributed by atoms with Crippen molar-refractivity contribution in [1.29, 1.82) is 0 Å². The first-order chi connectivity index (χ1) is 10.6. The largest absolute Gasteiger partial charge is 0.490 e. The summed E-state index contributed by atoms with van der Waals surface area (Å²) in [6.45, 7) is 2.50. The molecule has 0 bridgehead atoms. The van der Waals surface area contributed by atoms with Gasteiger partial charge in [0.05, 0.1) is 23.4 Å². The molecule has 0 saturated carbocycles. The minimum absolute atomic E-state index is 0.160. The van der Waals surface area contributed by atoms with E-state index in [1.165, 1.54) is 23.6 Å². The van der Waals surface area contributed by atoms with Crippen LogP contribution in [0.15, 0.2) is 22.6 Å². The van der Waals surface area contributed by atoms with Gasteiger partial charge < -0.3 is 10.5 Å². The number of hydrazone groups is 1. The van der Waals surface area contributed by atoms with Gasteiger partial charge in [-0.2, -0.15) is 5.10 Å². The first-order valence-electron chi connectivity index (χ1n) is 6.72. The summed E-state index contributed by atoms with van der Waals surface area (Å²) >= 11 is 7.30. The molecule has 5 nitrogen and oxygen atoms in total. The Hall–Kier alpha value is -1.86. The van der Waals surface area contributed by atoms with Gasteiger partial charge in [-0.25, -0.2) is 9.37 Å². The van der Waals surface area contributed by atoms with Crippen molar-refractivity contribution in [3.63, 3.8) is 0 Å². The number of thiazole rings is 1. The molecule has 0 aliphatic carbocycles. The van der Waals surface area contributed by atoms with Gasteiger partial charge in [-0.1, -0.05) is 24.9 Å². The predicted octanol–water partition coefficient (Wildman–Crippen LogP) is 4.14. The monoisotopic (exact) mass is 342 g/mol. The molecular weight excluding hydrogens is 327 g/mol. The zero-order valence-electron chi connectivity index (χ0n) is 12.0. The summed E-state index contributed by atoms with van der Waals surface area (Å²) in [6.07, 6.45) is 3.13. The molecule has 1 aromatic carbocycles. The fourth-order valence-corrected chi connectivity index (χ4v) is 2.34. The van der Waals surface area contributed by atoms with E-state index in [-0.39, 0.29) is 16.3 Å². The summed E-state index contributed by atoms with van der Waals surface area (Å²) in [5, 5.41) is 6.36. The highest BCUT2D eigenvalue weighted by Crippen LogP contribution is 2.26. The molecule has 22 heavy (non-hydrogen) atoms. The second kappa shape index (κ2) is 7.95. The van der Waals surface area contributed by atoms with Crippen LogP contribution in [0.25, 0.3) is 0 Å². The van der Waals surface area contributed by atoms with Crippen molar-refractivity contribution in [1.82, 2.24) is 4.98 Å². The normalized spacial score (nSPS) is 11.0. The average molecular weight is 343 g/mol. The number of nitrogens with one attached hydrogen (secondary N) is 1. The van der Waals surface area contributed by atoms with E-state index in [0.29, 0.717) is 17.6 Å². The zero-order chi connectivity index (χ0) is 15.9. The number of nitrogens with zero attached hydrogens (tertiary/aromatic N) is 2. The van der Waals surface area contributed by atoms with Gasteiger partial charge in [0, 0.05) is 5.38 Å². The minimum Gasteiger partial charge on any atom is -0.490 e. The van der Waals surface area contributed by atoms with Crippen LogP contribution in [0.3, 0.4) is 0 Å². The van der Waals surface area contributed by atoms with Crippen LogP contribution in [0.5, 0.6) is 5.75 Å². The highest BCUT2D eigenvalue weighted by Gasteiger charge is 2.12. The molecule has 0 fully saturated rings. The Bertz CT molecular complexity index is 662. The summed E-state index contributed by atoms with van der Waals surface area (Å²) in [5.41, 5.74) is 8.33. The maximum atomic E-state index is 14.3. The molecule has 0 saturated heterocycles. The summed E-state index contributed by atoms with van der Waals surface area (Å²) in [7, 11) is 0. The molecular formula is C14H16ClFN4OS. The topological polar surface area (TPSA) is 72.5 Å². The van der Waals surface area contributed by atoms with Crippen molar-refractivity contribution in [2.75, 3.05) is 17.8 Å². The number of unbranched alkanes of at least 4 members (excludes halogenated alkanes) is 1. The Balaban J connectivity index is 2.10. The van der Waals surface area contributed by atoms with E-state index in [2.05, 4.69) is 15.5 Å². The quantitative estimate of drug-likeness (QED) is 0.450. The lowest BCUT2D eigenvalue weighted by Gasteiger charge is -2.09. The van der Waals surface area contributed by atoms with Crippen molar-refractivity contribution in [3.05, 3.63) is 33.9 Å². The Morgan fingerprint density at radius 1 is 1.55 bits per heavy atom. The zero-order valence-corrected chi connectivity index (χ0v) is 13.5. The third-order valence-corrected chi connectivity index (χ3v) is 3.82. The van der Waals surface area contributed by atoms with Crippen LogP contribution in [0.2, 0.25) is 5.02 Å². The number of hydrogen-bond donors (Lipinski definition) is 2. The van der Waals surface area contributed by atoms with Gasteiger partial charge in [-0.05, 0) is 18.6 Å². The number of nitrogen functional groups attached to an aromatic ring is 1. The Labute approximate surface area is 137 Å². The van der Waals surface area contributed by atoms with Crippen molar-refractivity contribution in [3.8, 4) is 5.75 Å². The van der Waals surface area contributed by atoms with E-state index < -0.39 is 5.82 Å². The van der Waals surface area contributed by atoms with Gasteiger partial charge in [-0.15, -0.1) is 11.3 Å². The van der Waals surface area contributed by atoms with Crippen molar-refractivity contribution in [2.24, 2.45) is 5.10 Å². The van der Waals surface area contributed by atoms with E-state index >= 15 is 0 Å². The summed E-state index contributed by atoms with van der Waals surface area (Å²) < 4.78 is 19.7. The Morgan fingerprint density at radius 2 is 2.36 bits per heavy atom. The summed E-state index contributed by atoms with van der Waals surface area (Å²) in [5.74, 6) is 0.0313. The number of halogens is 2. The van der Waals surface area contributed by atoms with Crippen LogP contribution in [-0.4, -0.2) is 17.8 Å². The van der Waals surface area contributed by atoms with Crippen LogP contribution < -0.4 is 15.9 Å². The van der Waals surface area contributed by atoms with Crippen molar-refractivity contribution < 1.29 is 9.13 Å². The fraction of sp³-hybridized carbons (Fsp3) is 0.286. The maximum Gasteiger partial charge on any atom is 0.205 e. The fourth-order valence-electron chi connectivity index (χ4n) is 1.60. The van der Waals surface area contributed by atoms with E-state index in [1.807, 2.05) is 6.92 Å². The van der Waals surface area contributed by atoms with Gasteiger partial charge in [0.15, 0.2) is 11.6 Å². The molecule has 0 radical (unpaired) electrons. The number of aromatic nitrogens is 1. The molecule has 2 aromatic rings. The first kappa shape index (κ1) is 16.5.